The largest absolute Gasteiger partial charge is 0.454 e. The highest BCUT2D eigenvalue weighted by Crippen LogP contribution is 2.33. The number of nitrogens with zero attached hydrogens (tertiary/aromatic N) is 3. The Balaban J connectivity index is 1.36. The number of amides is 1. The van der Waals surface area contributed by atoms with Crippen molar-refractivity contribution in [2.24, 2.45) is 0 Å². The Kier molecular flexibility index (Phi) is 5.56. The van der Waals surface area contributed by atoms with Gasteiger partial charge in [0.25, 0.3) is 5.91 Å². The van der Waals surface area contributed by atoms with E-state index in [1.165, 1.54) is 0 Å². The summed E-state index contributed by atoms with van der Waals surface area (Å²) in [6, 6.07) is 7.29. The summed E-state index contributed by atoms with van der Waals surface area (Å²) in [6.45, 7) is 13.7. The number of piperazine rings is 1. The molecule has 0 N–H and O–H groups in total. The number of aromatic nitrogens is 1. The third-order valence-corrected chi connectivity index (χ3v) is 6.05. The molecule has 0 spiro atoms. The van der Waals surface area contributed by atoms with E-state index < -0.39 is 0 Å². The van der Waals surface area contributed by atoms with Crippen molar-refractivity contribution in [1.82, 2.24) is 14.4 Å². The first kappa shape index (κ1) is 21.4. The number of carbonyl (C=O) groups excluding carboxylic acids is 2. The number of Topliss-reactive ketones (excluding diaryl/α,β-unsaturated/α-hetero) is 1. The van der Waals surface area contributed by atoms with Crippen molar-refractivity contribution in [3.8, 4) is 11.5 Å². The Labute approximate surface area is 183 Å². The van der Waals surface area contributed by atoms with Gasteiger partial charge in [-0.05, 0) is 58.9 Å². The van der Waals surface area contributed by atoms with Gasteiger partial charge in [-0.2, -0.15) is 0 Å². The minimum Gasteiger partial charge on any atom is -0.454 e. The van der Waals surface area contributed by atoms with Crippen molar-refractivity contribution in [3.63, 3.8) is 0 Å². The molecule has 4 rings (SSSR count). The lowest BCUT2D eigenvalue weighted by atomic mass is 10.1. The van der Waals surface area contributed by atoms with E-state index in [1.807, 2.05) is 17.9 Å². The van der Waals surface area contributed by atoms with E-state index >= 15 is 0 Å². The molecular weight excluding hydrogens is 394 g/mol. The van der Waals surface area contributed by atoms with Crippen LogP contribution in [0.15, 0.2) is 24.3 Å². The highest BCUT2D eigenvalue weighted by molar-refractivity contribution is 5.99. The minimum absolute atomic E-state index is 0.0157. The molecule has 2 aliphatic rings. The molecule has 31 heavy (non-hydrogen) atoms. The Morgan fingerprint density at radius 3 is 2.29 bits per heavy atom. The SMILES string of the molecule is Cc1cc(C(=O)CN2CCN(C(=O)c3ccc4c(c3)OCO4)CC2)c(C)n1C(C)(C)C. The van der Waals surface area contributed by atoms with Crippen LogP contribution in [0.25, 0.3) is 0 Å². The molecule has 2 aromatic rings. The molecule has 0 atom stereocenters. The molecule has 1 amide bonds. The number of hydrogen-bond donors (Lipinski definition) is 0. The van der Waals surface area contributed by atoms with E-state index in [0.717, 1.165) is 17.0 Å². The number of ketones is 1. The van der Waals surface area contributed by atoms with Crippen molar-refractivity contribution in [2.45, 2.75) is 40.2 Å². The van der Waals surface area contributed by atoms with Gasteiger partial charge >= 0.3 is 0 Å². The summed E-state index contributed by atoms with van der Waals surface area (Å²) in [4.78, 5) is 29.9. The van der Waals surface area contributed by atoms with Gasteiger partial charge in [0, 0.05) is 54.2 Å². The lowest BCUT2D eigenvalue weighted by Crippen LogP contribution is -2.49. The van der Waals surface area contributed by atoms with Crippen molar-refractivity contribution in [3.05, 3.63) is 46.8 Å². The van der Waals surface area contributed by atoms with Gasteiger partial charge in [-0.25, -0.2) is 0 Å². The van der Waals surface area contributed by atoms with Crippen LogP contribution in [0.4, 0.5) is 0 Å². The maximum Gasteiger partial charge on any atom is 0.254 e. The fraction of sp³-hybridized carbons (Fsp3) is 0.500. The molecule has 7 heteroatoms. The summed E-state index contributed by atoms with van der Waals surface area (Å²) in [6.07, 6.45) is 0. The molecule has 0 aliphatic carbocycles. The molecule has 7 nitrogen and oxygen atoms in total. The standard InChI is InChI=1S/C24H31N3O4/c1-16-12-19(17(2)27(16)24(3,4)5)20(28)14-25-8-10-26(11-9-25)23(29)18-6-7-21-22(13-18)31-15-30-21/h6-7,12-13H,8-11,14-15H2,1-5H3. The number of ether oxygens (including phenoxy) is 2. The second-order valence-electron chi connectivity index (χ2n) is 9.35. The van der Waals surface area contributed by atoms with E-state index in [-0.39, 0.29) is 24.0 Å². The van der Waals surface area contributed by atoms with E-state index in [0.29, 0.717) is 49.8 Å². The summed E-state index contributed by atoms with van der Waals surface area (Å²) in [7, 11) is 0. The van der Waals surface area contributed by atoms with Gasteiger partial charge in [-0.3, -0.25) is 14.5 Å². The van der Waals surface area contributed by atoms with Crippen molar-refractivity contribution < 1.29 is 19.1 Å². The molecule has 1 aromatic carbocycles. The molecular formula is C24H31N3O4. The monoisotopic (exact) mass is 425 g/mol. The summed E-state index contributed by atoms with van der Waals surface area (Å²) < 4.78 is 12.9. The van der Waals surface area contributed by atoms with Crippen molar-refractivity contribution in [1.29, 1.82) is 0 Å². The van der Waals surface area contributed by atoms with Gasteiger partial charge < -0.3 is 18.9 Å². The van der Waals surface area contributed by atoms with Gasteiger partial charge in [0.2, 0.25) is 6.79 Å². The predicted octanol–water partition coefficient (Wildman–Crippen LogP) is 3.23. The fourth-order valence-electron chi connectivity index (χ4n) is 4.69. The number of benzene rings is 1. The Bertz CT molecular complexity index is 1010. The van der Waals surface area contributed by atoms with Crippen LogP contribution in [0.3, 0.4) is 0 Å². The molecule has 166 valence electrons. The highest BCUT2D eigenvalue weighted by Gasteiger charge is 2.27. The van der Waals surface area contributed by atoms with Gasteiger partial charge in [0.1, 0.15) is 0 Å². The van der Waals surface area contributed by atoms with Crippen LogP contribution < -0.4 is 9.47 Å². The van der Waals surface area contributed by atoms with Crippen LogP contribution in [0.5, 0.6) is 11.5 Å². The quantitative estimate of drug-likeness (QED) is 0.704. The minimum atomic E-state index is -0.0621. The topological polar surface area (TPSA) is 64.0 Å². The third kappa shape index (κ3) is 4.19. The van der Waals surface area contributed by atoms with E-state index in [9.17, 15) is 9.59 Å². The molecule has 1 aromatic heterocycles. The van der Waals surface area contributed by atoms with Gasteiger partial charge in [-0.15, -0.1) is 0 Å². The summed E-state index contributed by atoms with van der Waals surface area (Å²) in [5.74, 6) is 1.41. The smallest absolute Gasteiger partial charge is 0.254 e. The normalized spacial score (nSPS) is 16.6. The lowest BCUT2D eigenvalue weighted by molar-refractivity contribution is 0.0624. The zero-order chi connectivity index (χ0) is 22.3. The molecule has 1 saturated heterocycles. The van der Waals surface area contributed by atoms with Crippen LogP contribution in [-0.4, -0.2) is 65.6 Å². The van der Waals surface area contributed by atoms with Gasteiger partial charge in [-0.1, -0.05) is 0 Å². The fourth-order valence-corrected chi connectivity index (χ4v) is 4.69. The van der Waals surface area contributed by atoms with E-state index in [2.05, 4.69) is 37.2 Å². The zero-order valence-electron chi connectivity index (χ0n) is 19.0. The average Bonchev–Trinajstić information content (AvgIpc) is 3.30. The second kappa shape index (κ2) is 8.04. The number of hydrogen-bond acceptors (Lipinski definition) is 5. The van der Waals surface area contributed by atoms with Gasteiger partial charge in [0.05, 0.1) is 6.54 Å². The second-order valence-corrected chi connectivity index (χ2v) is 9.35. The van der Waals surface area contributed by atoms with E-state index in [1.54, 1.807) is 18.2 Å². The maximum atomic E-state index is 13.0. The van der Waals surface area contributed by atoms with Crippen LogP contribution in [-0.2, 0) is 5.54 Å². The lowest BCUT2D eigenvalue weighted by Gasteiger charge is -2.34. The Morgan fingerprint density at radius 2 is 1.65 bits per heavy atom. The average molecular weight is 426 g/mol. The van der Waals surface area contributed by atoms with Crippen LogP contribution in [0.1, 0.15) is 52.9 Å². The van der Waals surface area contributed by atoms with Crippen LogP contribution >= 0.6 is 0 Å². The molecule has 0 unspecified atom stereocenters. The Hall–Kier alpha value is -2.80. The summed E-state index contributed by atoms with van der Waals surface area (Å²) in [5.41, 5.74) is 3.46. The third-order valence-electron chi connectivity index (χ3n) is 6.05. The molecule has 0 bridgehead atoms. The van der Waals surface area contributed by atoms with Crippen molar-refractivity contribution in [2.75, 3.05) is 39.5 Å². The Morgan fingerprint density at radius 1 is 0.968 bits per heavy atom. The number of aryl methyl sites for hydroxylation is 1. The molecule has 0 radical (unpaired) electrons. The summed E-state index contributed by atoms with van der Waals surface area (Å²) in [5, 5.41) is 0. The molecule has 0 saturated carbocycles. The van der Waals surface area contributed by atoms with E-state index in [4.69, 9.17) is 9.47 Å². The zero-order valence-corrected chi connectivity index (χ0v) is 19.0. The maximum absolute atomic E-state index is 13.0. The first-order valence-electron chi connectivity index (χ1n) is 10.8. The van der Waals surface area contributed by atoms with Crippen molar-refractivity contribution >= 4 is 11.7 Å². The number of carbonyl (C=O) groups is 2. The summed E-state index contributed by atoms with van der Waals surface area (Å²) >= 11 is 0. The first-order chi connectivity index (χ1) is 14.6. The highest BCUT2D eigenvalue weighted by atomic mass is 16.7. The first-order valence-corrected chi connectivity index (χ1v) is 10.8. The van der Waals surface area contributed by atoms with Crippen LogP contribution in [0, 0.1) is 13.8 Å². The number of rotatable bonds is 4. The predicted molar refractivity (Wildman–Crippen MR) is 118 cm³/mol. The van der Waals surface area contributed by atoms with Gasteiger partial charge in [0.15, 0.2) is 17.3 Å². The molecule has 1 fully saturated rings. The molecule has 2 aliphatic heterocycles. The number of fused-ring (bicyclic) bond motifs is 1. The molecule has 3 heterocycles. The van der Waals surface area contributed by atoms with Crippen LogP contribution in [0.2, 0.25) is 0 Å².